The molecule has 1 saturated heterocycles. The summed E-state index contributed by atoms with van der Waals surface area (Å²) in [7, 11) is -3.45. The van der Waals surface area contributed by atoms with Crippen LogP contribution in [0.3, 0.4) is 0 Å². The Kier molecular flexibility index (Phi) is 5.69. The lowest BCUT2D eigenvalue weighted by Gasteiger charge is -2.35. The number of para-hydroxylation sites is 1. The smallest absolute Gasteiger partial charge is 0.236 e. The Morgan fingerprint density at radius 3 is 2.16 bits per heavy atom. The number of rotatable bonds is 4. The van der Waals surface area contributed by atoms with Crippen LogP contribution in [0.4, 0.5) is 5.69 Å². The van der Waals surface area contributed by atoms with E-state index in [0.29, 0.717) is 36.2 Å². The Morgan fingerprint density at radius 1 is 0.880 bits per heavy atom. The van der Waals surface area contributed by atoms with Gasteiger partial charge in [-0.3, -0.25) is 0 Å². The van der Waals surface area contributed by atoms with Crippen molar-refractivity contribution in [2.75, 3.05) is 31.1 Å². The highest BCUT2D eigenvalue weighted by Crippen LogP contribution is 2.26. The summed E-state index contributed by atoms with van der Waals surface area (Å²) >= 11 is 12.1. The molecular weight excluding hydrogens is 379 g/mol. The summed E-state index contributed by atoms with van der Waals surface area (Å²) in [5, 5.41) is 2.55. The van der Waals surface area contributed by atoms with Gasteiger partial charge in [-0.1, -0.05) is 47.5 Å². The maximum absolute atomic E-state index is 12.5. The van der Waals surface area contributed by atoms with Crippen LogP contribution in [-0.4, -0.2) is 38.9 Å². The molecule has 1 fully saturated rings. The molecule has 0 spiro atoms. The zero-order valence-electron chi connectivity index (χ0n) is 13.5. The lowest BCUT2D eigenvalue weighted by molar-refractivity contribution is 0.390. The second-order valence-electron chi connectivity index (χ2n) is 5.74. The van der Waals surface area contributed by atoms with Crippen molar-refractivity contribution in [3.8, 4) is 0 Å². The molecule has 0 unspecified atom stereocenters. The van der Waals surface area contributed by atoms with Gasteiger partial charge in [-0.05, 0) is 35.9 Å². The molecule has 3 rings (SSSR count). The van der Waals surface area contributed by atoms with Gasteiger partial charge in [0, 0.05) is 36.6 Å². The molecule has 4 nitrogen and oxygen atoms in total. The van der Waals surface area contributed by atoms with E-state index >= 15 is 0 Å². The van der Waals surface area contributed by atoms with Crippen LogP contribution >= 0.6 is 23.2 Å². The van der Waals surface area contributed by atoms with E-state index in [1.165, 1.54) is 9.71 Å². The van der Waals surface area contributed by atoms with Crippen LogP contribution in [0.25, 0.3) is 6.08 Å². The third kappa shape index (κ3) is 4.55. The number of halogens is 2. The molecule has 0 N–H and O–H groups in total. The molecule has 0 saturated carbocycles. The van der Waals surface area contributed by atoms with E-state index in [4.69, 9.17) is 23.2 Å². The van der Waals surface area contributed by atoms with Crippen LogP contribution in [0.5, 0.6) is 0 Å². The van der Waals surface area contributed by atoms with Crippen molar-refractivity contribution < 1.29 is 8.42 Å². The molecule has 1 aliphatic rings. The molecule has 0 aromatic heterocycles. The lowest BCUT2D eigenvalue weighted by Crippen LogP contribution is -2.48. The summed E-state index contributed by atoms with van der Waals surface area (Å²) in [5.41, 5.74) is 1.74. The third-order valence-electron chi connectivity index (χ3n) is 4.09. The second kappa shape index (κ2) is 7.79. The van der Waals surface area contributed by atoms with Gasteiger partial charge in [0.25, 0.3) is 0 Å². The Morgan fingerprint density at radius 2 is 1.52 bits per heavy atom. The van der Waals surface area contributed by atoms with Crippen molar-refractivity contribution in [1.82, 2.24) is 4.31 Å². The summed E-state index contributed by atoms with van der Waals surface area (Å²) in [5.74, 6) is 0. The number of sulfonamides is 1. The monoisotopic (exact) mass is 396 g/mol. The predicted octanol–water partition coefficient (Wildman–Crippen LogP) is 4.12. The number of nitrogens with zero attached hydrogens (tertiary/aromatic N) is 2. The third-order valence-corrected chi connectivity index (χ3v) is 6.23. The van der Waals surface area contributed by atoms with Crippen molar-refractivity contribution >= 4 is 45.0 Å². The molecule has 0 atom stereocenters. The van der Waals surface area contributed by atoms with Gasteiger partial charge in [-0.25, -0.2) is 8.42 Å². The molecule has 0 bridgehead atoms. The minimum atomic E-state index is -3.45. The fraction of sp³-hybridized carbons (Fsp3) is 0.222. The SMILES string of the molecule is O=S(=O)(/C=C/c1ccc(Cl)cc1)N1CCN(c2ccccc2Cl)CC1. The molecule has 0 amide bonds. The highest BCUT2D eigenvalue weighted by Gasteiger charge is 2.25. The minimum Gasteiger partial charge on any atom is -0.368 e. The van der Waals surface area contributed by atoms with Crippen molar-refractivity contribution in [3.05, 3.63) is 69.5 Å². The zero-order valence-corrected chi connectivity index (χ0v) is 15.8. The van der Waals surface area contributed by atoms with E-state index in [1.54, 1.807) is 30.3 Å². The number of hydrogen-bond acceptors (Lipinski definition) is 3. The van der Waals surface area contributed by atoms with Crippen LogP contribution in [-0.2, 0) is 10.0 Å². The van der Waals surface area contributed by atoms with Crippen molar-refractivity contribution in [2.45, 2.75) is 0 Å². The first-order valence-electron chi connectivity index (χ1n) is 7.89. The Balaban J connectivity index is 1.65. The fourth-order valence-corrected chi connectivity index (χ4v) is 4.27. The molecular formula is C18H18Cl2N2O2S. The van der Waals surface area contributed by atoms with Crippen LogP contribution < -0.4 is 4.90 Å². The maximum atomic E-state index is 12.5. The van der Waals surface area contributed by atoms with E-state index in [1.807, 2.05) is 24.3 Å². The normalized spacial score (nSPS) is 16.5. The first kappa shape index (κ1) is 18.3. The van der Waals surface area contributed by atoms with Crippen molar-refractivity contribution in [1.29, 1.82) is 0 Å². The molecule has 2 aromatic carbocycles. The van der Waals surface area contributed by atoms with Crippen LogP contribution in [0.15, 0.2) is 53.9 Å². The lowest BCUT2D eigenvalue weighted by atomic mass is 10.2. The first-order valence-corrected chi connectivity index (χ1v) is 10.1. The first-order chi connectivity index (χ1) is 12.0. The summed E-state index contributed by atoms with van der Waals surface area (Å²) in [6.07, 6.45) is 1.59. The molecule has 2 aromatic rings. The average molecular weight is 397 g/mol. The second-order valence-corrected chi connectivity index (χ2v) is 8.40. The highest BCUT2D eigenvalue weighted by atomic mass is 35.5. The molecule has 7 heteroatoms. The van der Waals surface area contributed by atoms with Gasteiger partial charge < -0.3 is 4.90 Å². The maximum Gasteiger partial charge on any atom is 0.236 e. The topological polar surface area (TPSA) is 40.6 Å². The van der Waals surface area contributed by atoms with Crippen LogP contribution in [0, 0.1) is 0 Å². The van der Waals surface area contributed by atoms with Gasteiger partial charge in [-0.15, -0.1) is 0 Å². The predicted molar refractivity (Wildman–Crippen MR) is 105 cm³/mol. The molecule has 0 radical (unpaired) electrons. The molecule has 25 heavy (non-hydrogen) atoms. The summed E-state index contributed by atoms with van der Waals surface area (Å²) in [4.78, 5) is 2.11. The minimum absolute atomic E-state index is 0.429. The van der Waals surface area contributed by atoms with Crippen LogP contribution in [0.2, 0.25) is 10.0 Å². The van der Waals surface area contributed by atoms with Gasteiger partial charge in [0.05, 0.1) is 10.7 Å². The van der Waals surface area contributed by atoms with E-state index in [2.05, 4.69) is 4.90 Å². The average Bonchev–Trinajstić information content (AvgIpc) is 2.62. The van der Waals surface area contributed by atoms with Crippen molar-refractivity contribution in [2.24, 2.45) is 0 Å². The van der Waals surface area contributed by atoms with Crippen LogP contribution in [0.1, 0.15) is 5.56 Å². The molecule has 132 valence electrons. The van der Waals surface area contributed by atoms with Gasteiger partial charge in [-0.2, -0.15) is 4.31 Å². The fourth-order valence-electron chi connectivity index (χ4n) is 2.72. The number of benzene rings is 2. The molecule has 1 aliphatic heterocycles. The van der Waals surface area contributed by atoms with E-state index in [9.17, 15) is 8.42 Å². The Hall–Kier alpha value is -1.53. The standard InChI is InChI=1S/C18H18Cl2N2O2S/c19-16-7-5-15(6-8-16)9-14-25(23,24)22-12-10-21(11-13-22)18-4-2-1-3-17(18)20/h1-9,14H,10-13H2/b14-9+. The summed E-state index contributed by atoms with van der Waals surface area (Å²) < 4.78 is 26.5. The Labute approximate surface area is 158 Å². The number of piperazine rings is 1. The highest BCUT2D eigenvalue weighted by molar-refractivity contribution is 7.92. The quantitative estimate of drug-likeness (QED) is 0.780. The number of hydrogen-bond donors (Lipinski definition) is 0. The van der Waals surface area contributed by atoms with E-state index in [0.717, 1.165) is 11.3 Å². The molecule has 0 aliphatic carbocycles. The van der Waals surface area contributed by atoms with Crippen molar-refractivity contribution in [3.63, 3.8) is 0 Å². The largest absolute Gasteiger partial charge is 0.368 e. The zero-order chi connectivity index (χ0) is 17.9. The van der Waals surface area contributed by atoms with E-state index < -0.39 is 10.0 Å². The Bertz CT molecular complexity index is 859. The van der Waals surface area contributed by atoms with E-state index in [-0.39, 0.29) is 0 Å². The summed E-state index contributed by atoms with van der Waals surface area (Å²) in [6, 6.07) is 14.6. The van der Waals surface area contributed by atoms with Gasteiger partial charge in [0.2, 0.25) is 10.0 Å². The van der Waals surface area contributed by atoms with Gasteiger partial charge in [0.15, 0.2) is 0 Å². The van der Waals surface area contributed by atoms with Gasteiger partial charge >= 0.3 is 0 Å². The number of anilines is 1. The van der Waals surface area contributed by atoms with Gasteiger partial charge in [0.1, 0.15) is 0 Å². The molecule has 1 heterocycles. The summed E-state index contributed by atoms with van der Waals surface area (Å²) in [6.45, 7) is 2.08.